The Morgan fingerprint density at radius 3 is 2.25 bits per heavy atom. The predicted molar refractivity (Wildman–Crippen MR) is 73.2 cm³/mol. The van der Waals surface area contributed by atoms with E-state index in [4.69, 9.17) is 5.11 Å². The predicted octanol–water partition coefficient (Wildman–Crippen LogP) is 0.454. The van der Waals surface area contributed by atoms with Gasteiger partial charge in [0, 0.05) is 12.1 Å². The lowest BCUT2D eigenvalue weighted by molar-refractivity contribution is -0.142. The van der Waals surface area contributed by atoms with Crippen molar-refractivity contribution in [1.82, 2.24) is 16.0 Å². The summed E-state index contributed by atoms with van der Waals surface area (Å²) in [5.41, 5.74) is 0. The summed E-state index contributed by atoms with van der Waals surface area (Å²) in [6.45, 7) is 3.63. The van der Waals surface area contributed by atoms with Crippen molar-refractivity contribution in [3.05, 3.63) is 0 Å². The zero-order valence-corrected chi connectivity index (χ0v) is 11.9. The van der Waals surface area contributed by atoms with Gasteiger partial charge in [0.05, 0.1) is 12.5 Å². The lowest BCUT2D eigenvalue weighted by Crippen LogP contribution is -2.47. The first-order chi connectivity index (χ1) is 9.38. The van der Waals surface area contributed by atoms with Crippen LogP contribution >= 0.6 is 0 Å². The molecule has 114 valence electrons. The SMILES string of the molecule is CC(C)NC(=O)CNC(=O)NC1CCC(C(=O)O)CC1. The van der Waals surface area contributed by atoms with Crippen molar-refractivity contribution in [2.24, 2.45) is 5.92 Å². The van der Waals surface area contributed by atoms with E-state index in [1.54, 1.807) is 0 Å². The van der Waals surface area contributed by atoms with Crippen LogP contribution in [0.25, 0.3) is 0 Å². The van der Waals surface area contributed by atoms with Crippen molar-refractivity contribution >= 4 is 17.9 Å². The minimum absolute atomic E-state index is 0.0150. The molecule has 0 saturated heterocycles. The molecule has 7 nitrogen and oxygen atoms in total. The number of carboxylic acid groups (broad SMARTS) is 1. The monoisotopic (exact) mass is 285 g/mol. The van der Waals surface area contributed by atoms with E-state index in [-0.39, 0.29) is 36.5 Å². The van der Waals surface area contributed by atoms with Crippen LogP contribution in [-0.4, -0.2) is 41.6 Å². The number of hydrogen-bond donors (Lipinski definition) is 4. The van der Waals surface area contributed by atoms with Crippen molar-refractivity contribution < 1.29 is 19.5 Å². The van der Waals surface area contributed by atoms with Gasteiger partial charge >= 0.3 is 12.0 Å². The highest BCUT2D eigenvalue weighted by Gasteiger charge is 2.26. The summed E-state index contributed by atoms with van der Waals surface area (Å²) >= 11 is 0. The van der Waals surface area contributed by atoms with Crippen LogP contribution in [0, 0.1) is 5.92 Å². The van der Waals surface area contributed by atoms with Crippen LogP contribution < -0.4 is 16.0 Å². The van der Waals surface area contributed by atoms with E-state index in [1.807, 2.05) is 13.8 Å². The number of hydrogen-bond acceptors (Lipinski definition) is 3. The molecule has 1 rings (SSSR count). The third-order valence-electron chi connectivity index (χ3n) is 3.27. The second kappa shape index (κ2) is 7.72. The van der Waals surface area contributed by atoms with Gasteiger partial charge in [0.1, 0.15) is 0 Å². The highest BCUT2D eigenvalue weighted by molar-refractivity contribution is 5.84. The summed E-state index contributed by atoms with van der Waals surface area (Å²) in [6, 6.07) is -0.361. The smallest absolute Gasteiger partial charge is 0.315 e. The topological polar surface area (TPSA) is 108 Å². The molecule has 1 aliphatic rings. The number of amides is 3. The third kappa shape index (κ3) is 5.90. The molecule has 0 bridgehead atoms. The van der Waals surface area contributed by atoms with E-state index in [0.29, 0.717) is 25.7 Å². The first-order valence-corrected chi connectivity index (χ1v) is 6.95. The molecule has 0 atom stereocenters. The zero-order valence-electron chi connectivity index (χ0n) is 11.9. The van der Waals surface area contributed by atoms with Gasteiger partial charge < -0.3 is 21.1 Å². The number of urea groups is 1. The Labute approximate surface area is 118 Å². The average Bonchev–Trinajstić information content (AvgIpc) is 2.36. The molecule has 4 N–H and O–H groups in total. The van der Waals surface area contributed by atoms with Crippen molar-refractivity contribution in [3.63, 3.8) is 0 Å². The Bertz CT molecular complexity index is 363. The van der Waals surface area contributed by atoms with Gasteiger partial charge in [0.2, 0.25) is 5.91 Å². The van der Waals surface area contributed by atoms with E-state index in [2.05, 4.69) is 16.0 Å². The summed E-state index contributed by atoms with van der Waals surface area (Å²) in [5, 5.41) is 16.8. The summed E-state index contributed by atoms with van der Waals surface area (Å²) in [4.78, 5) is 33.8. The maximum atomic E-state index is 11.6. The van der Waals surface area contributed by atoms with Crippen molar-refractivity contribution in [2.45, 2.75) is 51.6 Å². The Kier molecular flexibility index (Phi) is 6.27. The maximum absolute atomic E-state index is 11.6. The molecule has 0 aromatic heterocycles. The molecule has 20 heavy (non-hydrogen) atoms. The molecule has 3 amide bonds. The van der Waals surface area contributed by atoms with Crippen LogP contribution in [0.5, 0.6) is 0 Å². The first kappa shape index (κ1) is 16.3. The Hall–Kier alpha value is -1.79. The fraction of sp³-hybridized carbons (Fsp3) is 0.769. The van der Waals surface area contributed by atoms with Gasteiger partial charge in [0.25, 0.3) is 0 Å². The first-order valence-electron chi connectivity index (χ1n) is 6.95. The van der Waals surface area contributed by atoms with E-state index >= 15 is 0 Å². The van der Waals surface area contributed by atoms with Gasteiger partial charge in [-0.1, -0.05) is 0 Å². The highest BCUT2D eigenvalue weighted by Crippen LogP contribution is 2.24. The molecule has 0 aromatic carbocycles. The number of nitrogens with one attached hydrogen (secondary N) is 3. The molecule has 7 heteroatoms. The standard InChI is InChI=1S/C13H23N3O4/c1-8(2)15-11(17)7-14-13(20)16-10-5-3-9(4-6-10)12(18)19/h8-10H,3-7H2,1-2H3,(H,15,17)(H,18,19)(H2,14,16,20). The van der Waals surface area contributed by atoms with Gasteiger partial charge in [-0.15, -0.1) is 0 Å². The van der Waals surface area contributed by atoms with Gasteiger partial charge in [0.15, 0.2) is 0 Å². The molecule has 1 aliphatic carbocycles. The molecule has 0 heterocycles. The summed E-state index contributed by atoms with van der Waals surface area (Å²) in [5.74, 6) is -1.30. The molecular weight excluding hydrogens is 262 g/mol. The van der Waals surface area contributed by atoms with Crippen molar-refractivity contribution in [3.8, 4) is 0 Å². The number of carbonyl (C=O) groups is 3. The van der Waals surface area contributed by atoms with Crippen molar-refractivity contribution in [2.75, 3.05) is 6.54 Å². The Morgan fingerprint density at radius 2 is 1.75 bits per heavy atom. The van der Waals surface area contributed by atoms with Crippen LogP contribution in [0.2, 0.25) is 0 Å². The fourth-order valence-electron chi connectivity index (χ4n) is 2.25. The molecule has 0 aromatic rings. The summed E-state index contributed by atoms with van der Waals surface area (Å²) in [6.07, 6.45) is 2.47. The molecule has 0 aliphatic heterocycles. The van der Waals surface area contributed by atoms with E-state index in [0.717, 1.165) is 0 Å². The summed E-state index contributed by atoms with van der Waals surface area (Å²) < 4.78 is 0. The van der Waals surface area contributed by atoms with E-state index < -0.39 is 5.97 Å². The normalized spacial score (nSPS) is 22.1. The van der Waals surface area contributed by atoms with Gasteiger partial charge in [-0.25, -0.2) is 4.79 Å². The molecule has 0 unspecified atom stereocenters. The molecular formula is C13H23N3O4. The maximum Gasteiger partial charge on any atom is 0.315 e. The second-order valence-electron chi connectivity index (χ2n) is 5.44. The largest absolute Gasteiger partial charge is 0.481 e. The number of carbonyl (C=O) groups excluding carboxylic acids is 2. The quantitative estimate of drug-likeness (QED) is 0.588. The fourth-order valence-corrected chi connectivity index (χ4v) is 2.25. The van der Waals surface area contributed by atoms with Gasteiger partial charge in [-0.2, -0.15) is 0 Å². The number of rotatable bonds is 5. The lowest BCUT2D eigenvalue weighted by atomic mass is 9.86. The minimum atomic E-state index is -0.766. The van der Waals surface area contributed by atoms with E-state index in [9.17, 15) is 14.4 Å². The van der Waals surface area contributed by atoms with Crippen molar-refractivity contribution in [1.29, 1.82) is 0 Å². The molecule has 0 radical (unpaired) electrons. The van der Waals surface area contributed by atoms with Crippen LogP contribution in [0.15, 0.2) is 0 Å². The zero-order chi connectivity index (χ0) is 15.1. The van der Waals surface area contributed by atoms with E-state index in [1.165, 1.54) is 0 Å². The van der Waals surface area contributed by atoms with Crippen LogP contribution in [-0.2, 0) is 9.59 Å². The Balaban J connectivity index is 2.20. The highest BCUT2D eigenvalue weighted by atomic mass is 16.4. The van der Waals surface area contributed by atoms with Crippen LogP contribution in [0.1, 0.15) is 39.5 Å². The number of aliphatic carboxylic acids is 1. The summed E-state index contributed by atoms with van der Waals surface area (Å²) in [7, 11) is 0. The Morgan fingerprint density at radius 1 is 1.15 bits per heavy atom. The lowest BCUT2D eigenvalue weighted by Gasteiger charge is -2.26. The molecule has 1 saturated carbocycles. The van der Waals surface area contributed by atoms with Gasteiger partial charge in [-0.3, -0.25) is 9.59 Å². The molecule has 0 spiro atoms. The third-order valence-corrected chi connectivity index (χ3v) is 3.27. The molecule has 1 fully saturated rings. The van der Waals surface area contributed by atoms with Gasteiger partial charge in [-0.05, 0) is 39.5 Å². The second-order valence-corrected chi connectivity index (χ2v) is 5.44. The minimum Gasteiger partial charge on any atom is -0.481 e. The van der Waals surface area contributed by atoms with Crippen LogP contribution in [0.3, 0.4) is 0 Å². The average molecular weight is 285 g/mol. The van der Waals surface area contributed by atoms with Crippen LogP contribution in [0.4, 0.5) is 4.79 Å². The number of carboxylic acids is 1.